The lowest BCUT2D eigenvalue weighted by Gasteiger charge is -2.18. The zero-order chi connectivity index (χ0) is 16.0. The molecule has 1 aromatic heterocycles. The van der Waals surface area contributed by atoms with E-state index in [0.717, 1.165) is 22.7 Å². The lowest BCUT2D eigenvalue weighted by atomic mass is 10.1. The average molecular weight is 314 g/mol. The highest BCUT2D eigenvalue weighted by atomic mass is 16.5. The van der Waals surface area contributed by atoms with Gasteiger partial charge in [0.05, 0.1) is 19.7 Å². The highest BCUT2D eigenvalue weighted by molar-refractivity contribution is 5.91. The number of nitrogens with one attached hydrogen (secondary N) is 1. The van der Waals surface area contributed by atoms with E-state index in [9.17, 15) is 0 Å². The summed E-state index contributed by atoms with van der Waals surface area (Å²) in [6, 6.07) is 4.17. The Morgan fingerprint density at radius 3 is 2.22 bits per heavy atom. The Kier molecular flexibility index (Phi) is 3.39. The Morgan fingerprint density at radius 2 is 1.65 bits per heavy atom. The molecule has 0 unspecified atom stereocenters. The molecule has 0 radical (unpaired) electrons. The van der Waals surface area contributed by atoms with E-state index in [-0.39, 0.29) is 0 Å². The minimum Gasteiger partial charge on any atom is -0.493 e. The van der Waals surface area contributed by atoms with E-state index in [0.29, 0.717) is 29.3 Å². The van der Waals surface area contributed by atoms with Gasteiger partial charge in [-0.2, -0.15) is 4.98 Å². The Morgan fingerprint density at radius 1 is 1.04 bits per heavy atom. The van der Waals surface area contributed by atoms with Crippen LogP contribution in [0.25, 0.3) is 10.9 Å². The van der Waals surface area contributed by atoms with Crippen molar-refractivity contribution in [1.29, 1.82) is 0 Å². The molecular formula is C17H22N4O2. The van der Waals surface area contributed by atoms with Crippen LogP contribution in [0.4, 0.5) is 11.8 Å². The number of nitrogen functional groups attached to an aromatic ring is 1. The number of anilines is 2. The summed E-state index contributed by atoms with van der Waals surface area (Å²) in [4.78, 5) is 9.09. The molecule has 23 heavy (non-hydrogen) atoms. The number of methoxy groups -OCH3 is 2. The fraction of sp³-hybridized carbons (Fsp3) is 0.529. The van der Waals surface area contributed by atoms with Gasteiger partial charge in [0.1, 0.15) is 5.82 Å². The maximum absolute atomic E-state index is 6.14. The van der Waals surface area contributed by atoms with Crippen molar-refractivity contribution in [3.05, 3.63) is 12.1 Å². The summed E-state index contributed by atoms with van der Waals surface area (Å²) >= 11 is 0. The first-order valence-corrected chi connectivity index (χ1v) is 8.15. The number of hydrogen-bond donors (Lipinski definition) is 2. The van der Waals surface area contributed by atoms with E-state index in [1.54, 1.807) is 14.2 Å². The van der Waals surface area contributed by atoms with Gasteiger partial charge in [-0.15, -0.1) is 0 Å². The Hall–Kier alpha value is -2.24. The number of nitrogens with two attached hydrogens (primary N) is 1. The quantitative estimate of drug-likeness (QED) is 0.853. The van der Waals surface area contributed by atoms with E-state index in [1.165, 1.54) is 25.7 Å². The highest BCUT2D eigenvalue weighted by Crippen LogP contribution is 2.45. The van der Waals surface area contributed by atoms with Crippen LogP contribution in [0.5, 0.6) is 11.5 Å². The summed E-state index contributed by atoms with van der Waals surface area (Å²) in [5.41, 5.74) is 6.91. The van der Waals surface area contributed by atoms with E-state index in [1.807, 2.05) is 12.1 Å². The largest absolute Gasteiger partial charge is 0.493 e. The predicted octanol–water partition coefficient (Wildman–Crippen LogP) is 2.83. The standard InChI is InChI=1S/C17H22N4O2/c1-22-13-7-11-12(8-14(13)23-2)19-17(21-16(11)18)20-15(9-3-4-9)10-5-6-10/h7-10,15H,3-6H2,1-2H3,(H3,18,19,20,21). The average Bonchev–Trinajstić information content (AvgIpc) is 3.44. The number of hydrogen-bond acceptors (Lipinski definition) is 6. The Balaban J connectivity index is 1.70. The maximum Gasteiger partial charge on any atom is 0.225 e. The molecule has 0 bridgehead atoms. The van der Waals surface area contributed by atoms with Crippen molar-refractivity contribution in [2.75, 3.05) is 25.3 Å². The molecule has 2 saturated carbocycles. The monoisotopic (exact) mass is 314 g/mol. The van der Waals surface area contributed by atoms with Crippen LogP contribution in [-0.4, -0.2) is 30.2 Å². The zero-order valence-corrected chi connectivity index (χ0v) is 13.5. The molecule has 1 heterocycles. The first kappa shape index (κ1) is 14.4. The smallest absolute Gasteiger partial charge is 0.225 e. The molecular weight excluding hydrogens is 292 g/mol. The van der Waals surface area contributed by atoms with Crippen LogP contribution in [0, 0.1) is 11.8 Å². The molecule has 6 heteroatoms. The number of nitrogens with zero attached hydrogens (tertiary/aromatic N) is 2. The summed E-state index contributed by atoms with van der Waals surface area (Å²) in [5.74, 6) is 3.89. The fourth-order valence-corrected chi connectivity index (χ4v) is 3.22. The predicted molar refractivity (Wildman–Crippen MR) is 89.9 cm³/mol. The molecule has 0 atom stereocenters. The van der Waals surface area contributed by atoms with Gasteiger partial charge < -0.3 is 20.5 Å². The van der Waals surface area contributed by atoms with Gasteiger partial charge in [-0.25, -0.2) is 4.98 Å². The number of ether oxygens (including phenoxy) is 2. The normalized spacial score (nSPS) is 17.5. The molecule has 2 aliphatic carbocycles. The highest BCUT2D eigenvalue weighted by Gasteiger charge is 2.41. The van der Waals surface area contributed by atoms with Gasteiger partial charge in [0, 0.05) is 17.5 Å². The molecule has 2 fully saturated rings. The minimum absolute atomic E-state index is 0.462. The molecule has 0 spiro atoms. The van der Waals surface area contributed by atoms with Crippen LogP contribution in [-0.2, 0) is 0 Å². The summed E-state index contributed by atoms with van der Waals surface area (Å²) in [6.07, 6.45) is 5.23. The van der Waals surface area contributed by atoms with Gasteiger partial charge in [0.2, 0.25) is 5.95 Å². The van der Waals surface area contributed by atoms with Gasteiger partial charge >= 0.3 is 0 Å². The fourth-order valence-electron chi connectivity index (χ4n) is 3.22. The van der Waals surface area contributed by atoms with Crippen LogP contribution in [0.15, 0.2) is 12.1 Å². The molecule has 4 rings (SSSR count). The van der Waals surface area contributed by atoms with Gasteiger partial charge in [-0.3, -0.25) is 0 Å². The van der Waals surface area contributed by atoms with Crippen molar-refractivity contribution in [1.82, 2.24) is 9.97 Å². The SMILES string of the molecule is COc1cc2nc(NC(C3CC3)C3CC3)nc(N)c2cc1OC. The van der Waals surface area contributed by atoms with Gasteiger partial charge in [0.15, 0.2) is 11.5 Å². The van der Waals surface area contributed by atoms with E-state index < -0.39 is 0 Å². The Bertz CT molecular complexity index is 729. The number of rotatable bonds is 6. The van der Waals surface area contributed by atoms with Crippen molar-refractivity contribution in [3.8, 4) is 11.5 Å². The third-order valence-electron chi connectivity index (χ3n) is 4.79. The van der Waals surface area contributed by atoms with Gasteiger partial charge in [-0.05, 0) is 43.6 Å². The Labute approximate surface area is 135 Å². The second kappa shape index (κ2) is 5.44. The van der Waals surface area contributed by atoms with Crippen molar-refractivity contribution >= 4 is 22.7 Å². The number of benzene rings is 1. The molecule has 0 amide bonds. The first-order valence-electron chi connectivity index (χ1n) is 8.15. The zero-order valence-electron chi connectivity index (χ0n) is 13.5. The lowest BCUT2D eigenvalue weighted by molar-refractivity contribution is 0.356. The first-order chi connectivity index (χ1) is 11.2. The lowest BCUT2D eigenvalue weighted by Crippen LogP contribution is -2.25. The molecule has 122 valence electrons. The van der Waals surface area contributed by atoms with Crippen molar-refractivity contribution in [3.63, 3.8) is 0 Å². The van der Waals surface area contributed by atoms with Crippen LogP contribution in [0.1, 0.15) is 25.7 Å². The number of aromatic nitrogens is 2. The molecule has 0 saturated heterocycles. The molecule has 2 aliphatic rings. The third kappa shape index (κ3) is 2.73. The van der Waals surface area contributed by atoms with Crippen molar-refractivity contribution in [2.45, 2.75) is 31.7 Å². The molecule has 6 nitrogen and oxygen atoms in total. The summed E-state index contributed by atoms with van der Waals surface area (Å²) in [7, 11) is 3.22. The minimum atomic E-state index is 0.462. The number of fused-ring (bicyclic) bond motifs is 1. The van der Waals surface area contributed by atoms with E-state index in [4.69, 9.17) is 15.2 Å². The molecule has 1 aromatic carbocycles. The van der Waals surface area contributed by atoms with Crippen molar-refractivity contribution < 1.29 is 9.47 Å². The van der Waals surface area contributed by atoms with Crippen molar-refractivity contribution in [2.24, 2.45) is 11.8 Å². The van der Waals surface area contributed by atoms with Gasteiger partial charge in [0.25, 0.3) is 0 Å². The maximum atomic E-state index is 6.14. The molecule has 2 aromatic rings. The summed E-state index contributed by atoms with van der Waals surface area (Å²) in [5, 5.41) is 4.31. The van der Waals surface area contributed by atoms with Crippen LogP contribution in [0.2, 0.25) is 0 Å². The molecule has 3 N–H and O–H groups in total. The van der Waals surface area contributed by atoms with Gasteiger partial charge in [-0.1, -0.05) is 0 Å². The van der Waals surface area contributed by atoms with Crippen LogP contribution >= 0.6 is 0 Å². The third-order valence-corrected chi connectivity index (χ3v) is 4.79. The van der Waals surface area contributed by atoms with E-state index >= 15 is 0 Å². The summed E-state index contributed by atoms with van der Waals surface area (Å²) < 4.78 is 10.7. The van der Waals surface area contributed by atoms with Crippen LogP contribution < -0.4 is 20.5 Å². The second-order valence-corrected chi connectivity index (χ2v) is 6.50. The summed E-state index contributed by atoms with van der Waals surface area (Å²) in [6.45, 7) is 0. The van der Waals surface area contributed by atoms with E-state index in [2.05, 4.69) is 15.3 Å². The second-order valence-electron chi connectivity index (χ2n) is 6.50. The molecule has 0 aliphatic heterocycles. The van der Waals surface area contributed by atoms with Crippen LogP contribution in [0.3, 0.4) is 0 Å². The topological polar surface area (TPSA) is 82.3 Å².